The molecule has 6 nitrogen and oxygen atoms in total. The Morgan fingerprint density at radius 1 is 1.10 bits per heavy atom. The lowest BCUT2D eigenvalue weighted by atomic mass is 9.99. The lowest BCUT2D eigenvalue weighted by molar-refractivity contribution is -0.142. The smallest absolute Gasteiger partial charge is 0.320 e. The fourth-order valence-electron chi connectivity index (χ4n) is 4.08. The number of carboxylic acids is 1. The van der Waals surface area contributed by atoms with E-state index in [-0.39, 0.29) is 18.0 Å². The summed E-state index contributed by atoms with van der Waals surface area (Å²) < 4.78 is 0. The summed E-state index contributed by atoms with van der Waals surface area (Å²) in [6, 6.07) is 0.746. The summed E-state index contributed by atoms with van der Waals surface area (Å²) in [5.41, 5.74) is 0. The van der Waals surface area contributed by atoms with Crippen LogP contribution in [0.15, 0.2) is 0 Å². The average Bonchev–Trinajstić information content (AvgIpc) is 3.02. The number of likely N-dealkylation sites (tertiary alicyclic amines) is 1. The maximum atomic E-state index is 12.8. The SMILES string of the molecule is CC1CN(C(=O)N2CC3CCCN3CC2C)CC1C(=O)O. The van der Waals surface area contributed by atoms with Gasteiger partial charge in [0.25, 0.3) is 0 Å². The van der Waals surface area contributed by atoms with Crippen molar-refractivity contribution >= 4 is 12.0 Å². The molecule has 0 radical (unpaired) electrons. The summed E-state index contributed by atoms with van der Waals surface area (Å²) in [6.45, 7) is 7.83. The first-order valence-electron chi connectivity index (χ1n) is 7.99. The number of nitrogens with zero attached hydrogens (tertiary/aromatic N) is 3. The molecular formula is C15H25N3O3. The van der Waals surface area contributed by atoms with E-state index in [0.29, 0.717) is 19.1 Å². The molecule has 2 amide bonds. The number of fused-ring (bicyclic) bond motifs is 1. The molecule has 3 heterocycles. The van der Waals surface area contributed by atoms with Crippen LogP contribution in [0.1, 0.15) is 26.7 Å². The lowest BCUT2D eigenvalue weighted by Gasteiger charge is -2.43. The van der Waals surface area contributed by atoms with Crippen molar-refractivity contribution in [1.29, 1.82) is 0 Å². The van der Waals surface area contributed by atoms with Crippen molar-refractivity contribution in [3.63, 3.8) is 0 Å². The van der Waals surface area contributed by atoms with Gasteiger partial charge in [-0.05, 0) is 32.2 Å². The molecule has 3 aliphatic heterocycles. The van der Waals surface area contributed by atoms with E-state index in [1.807, 2.05) is 11.8 Å². The summed E-state index contributed by atoms with van der Waals surface area (Å²) in [6.07, 6.45) is 2.39. The van der Waals surface area contributed by atoms with E-state index in [1.54, 1.807) is 4.90 Å². The predicted molar refractivity (Wildman–Crippen MR) is 78.0 cm³/mol. The number of aliphatic carboxylic acids is 1. The molecule has 118 valence electrons. The van der Waals surface area contributed by atoms with Gasteiger partial charge in [0.2, 0.25) is 0 Å². The third-order valence-electron chi connectivity index (χ3n) is 5.38. The van der Waals surface area contributed by atoms with E-state index in [9.17, 15) is 14.7 Å². The topological polar surface area (TPSA) is 64.1 Å². The van der Waals surface area contributed by atoms with E-state index in [4.69, 9.17) is 0 Å². The quantitative estimate of drug-likeness (QED) is 0.781. The van der Waals surface area contributed by atoms with Crippen LogP contribution >= 0.6 is 0 Å². The number of piperazine rings is 1. The van der Waals surface area contributed by atoms with Crippen LogP contribution in [0.4, 0.5) is 4.79 Å². The predicted octanol–water partition coefficient (Wildman–Crippen LogP) is 0.927. The maximum absolute atomic E-state index is 12.8. The number of rotatable bonds is 1. The van der Waals surface area contributed by atoms with E-state index in [0.717, 1.165) is 19.6 Å². The van der Waals surface area contributed by atoms with Gasteiger partial charge in [0.05, 0.1) is 5.92 Å². The third-order valence-corrected chi connectivity index (χ3v) is 5.38. The summed E-state index contributed by atoms with van der Waals surface area (Å²) >= 11 is 0. The standard InChI is InChI=1S/C15H25N3O3/c1-10-6-17(9-13(10)14(19)20)15(21)18-8-12-4-3-5-16(12)7-11(18)2/h10-13H,3-9H2,1-2H3,(H,19,20). The van der Waals surface area contributed by atoms with Gasteiger partial charge in [-0.3, -0.25) is 9.69 Å². The van der Waals surface area contributed by atoms with E-state index >= 15 is 0 Å². The molecule has 0 saturated carbocycles. The van der Waals surface area contributed by atoms with Gasteiger partial charge in [-0.25, -0.2) is 4.79 Å². The van der Waals surface area contributed by atoms with Gasteiger partial charge in [-0.1, -0.05) is 6.92 Å². The highest BCUT2D eigenvalue weighted by Crippen LogP contribution is 2.28. The molecule has 0 aliphatic carbocycles. The molecule has 4 unspecified atom stereocenters. The van der Waals surface area contributed by atoms with Gasteiger partial charge in [-0.15, -0.1) is 0 Å². The molecule has 4 atom stereocenters. The maximum Gasteiger partial charge on any atom is 0.320 e. The first kappa shape index (κ1) is 14.6. The van der Waals surface area contributed by atoms with Crippen LogP contribution in [0.3, 0.4) is 0 Å². The van der Waals surface area contributed by atoms with Gasteiger partial charge < -0.3 is 14.9 Å². The van der Waals surface area contributed by atoms with E-state index in [1.165, 1.54) is 12.8 Å². The second-order valence-corrected chi connectivity index (χ2v) is 6.90. The zero-order valence-corrected chi connectivity index (χ0v) is 12.9. The Bertz CT molecular complexity index is 442. The van der Waals surface area contributed by atoms with Crippen molar-refractivity contribution in [3.8, 4) is 0 Å². The molecular weight excluding hydrogens is 270 g/mol. The van der Waals surface area contributed by atoms with Crippen molar-refractivity contribution in [2.45, 2.75) is 38.8 Å². The largest absolute Gasteiger partial charge is 0.481 e. The van der Waals surface area contributed by atoms with Crippen molar-refractivity contribution in [3.05, 3.63) is 0 Å². The van der Waals surface area contributed by atoms with Crippen molar-refractivity contribution in [2.24, 2.45) is 11.8 Å². The fourth-order valence-corrected chi connectivity index (χ4v) is 4.08. The third kappa shape index (κ3) is 2.61. The fraction of sp³-hybridized carbons (Fsp3) is 0.867. The second kappa shape index (κ2) is 5.48. The minimum atomic E-state index is -0.786. The minimum Gasteiger partial charge on any atom is -0.481 e. The van der Waals surface area contributed by atoms with Gasteiger partial charge in [0, 0.05) is 38.3 Å². The number of hydrogen-bond donors (Lipinski definition) is 1. The summed E-state index contributed by atoms with van der Waals surface area (Å²) in [5.74, 6) is -1.17. The van der Waals surface area contributed by atoms with Crippen LogP contribution in [0, 0.1) is 11.8 Å². The molecule has 0 aromatic carbocycles. The Labute approximate surface area is 125 Å². The summed E-state index contributed by atoms with van der Waals surface area (Å²) in [4.78, 5) is 30.2. The van der Waals surface area contributed by atoms with Crippen LogP contribution in [-0.4, -0.2) is 76.6 Å². The Morgan fingerprint density at radius 3 is 2.52 bits per heavy atom. The van der Waals surface area contributed by atoms with Crippen LogP contribution in [-0.2, 0) is 4.79 Å². The van der Waals surface area contributed by atoms with Gasteiger partial charge in [0.15, 0.2) is 0 Å². The van der Waals surface area contributed by atoms with Crippen molar-refractivity contribution in [2.75, 3.05) is 32.7 Å². The number of carboxylic acid groups (broad SMARTS) is 1. The number of urea groups is 1. The minimum absolute atomic E-state index is 0.0321. The number of amides is 2. The summed E-state index contributed by atoms with van der Waals surface area (Å²) in [5, 5.41) is 9.21. The van der Waals surface area contributed by atoms with E-state index < -0.39 is 11.9 Å². The number of carbonyl (C=O) groups excluding carboxylic acids is 1. The highest BCUT2D eigenvalue weighted by Gasteiger charge is 2.42. The molecule has 0 aromatic rings. The van der Waals surface area contributed by atoms with Crippen LogP contribution in [0.25, 0.3) is 0 Å². The molecule has 21 heavy (non-hydrogen) atoms. The molecule has 3 fully saturated rings. The summed E-state index contributed by atoms with van der Waals surface area (Å²) in [7, 11) is 0. The molecule has 3 rings (SSSR count). The second-order valence-electron chi connectivity index (χ2n) is 6.90. The van der Waals surface area contributed by atoms with Crippen molar-refractivity contribution in [1.82, 2.24) is 14.7 Å². The van der Waals surface area contributed by atoms with Gasteiger partial charge >= 0.3 is 12.0 Å². The molecule has 3 aliphatic rings. The normalized spacial score (nSPS) is 36.9. The molecule has 6 heteroatoms. The monoisotopic (exact) mass is 295 g/mol. The number of carbonyl (C=O) groups is 2. The van der Waals surface area contributed by atoms with Crippen molar-refractivity contribution < 1.29 is 14.7 Å². The van der Waals surface area contributed by atoms with Crippen LogP contribution in [0.2, 0.25) is 0 Å². The Kier molecular flexibility index (Phi) is 3.82. The molecule has 0 aromatic heterocycles. The molecule has 0 spiro atoms. The van der Waals surface area contributed by atoms with Crippen LogP contribution < -0.4 is 0 Å². The lowest BCUT2D eigenvalue weighted by Crippen LogP contribution is -2.59. The highest BCUT2D eigenvalue weighted by molar-refractivity contribution is 5.78. The molecule has 3 saturated heterocycles. The van der Waals surface area contributed by atoms with Gasteiger partial charge in [0.1, 0.15) is 0 Å². The van der Waals surface area contributed by atoms with Crippen LogP contribution in [0.5, 0.6) is 0 Å². The Balaban J connectivity index is 1.66. The first-order chi connectivity index (χ1) is 9.97. The Morgan fingerprint density at radius 2 is 1.86 bits per heavy atom. The van der Waals surface area contributed by atoms with E-state index in [2.05, 4.69) is 11.8 Å². The highest BCUT2D eigenvalue weighted by atomic mass is 16.4. The zero-order chi connectivity index (χ0) is 15.1. The Hall–Kier alpha value is -1.30. The zero-order valence-electron chi connectivity index (χ0n) is 12.9. The van der Waals surface area contributed by atoms with Gasteiger partial charge in [-0.2, -0.15) is 0 Å². The number of hydrogen-bond acceptors (Lipinski definition) is 3. The first-order valence-corrected chi connectivity index (χ1v) is 7.99. The molecule has 1 N–H and O–H groups in total. The molecule has 0 bridgehead atoms. The average molecular weight is 295 g/mol.